The Bertz CT molecular complexity index is 2720. The molecule has 0 bridgehead atoms. The van der Waals surface area contributed by atoms with Gasteiger partial charge in [0.05, 0.1) is 26.4 Å². The molecule has 660 valence electrons. The van der Waals surface area contributed by atoms with Gasteiger partial charge < -0.3 is 34.2 Å². The van der Waals surface area contributed by atoms with E-state index in [1.807, 2.05) is 12.2 Å². The molecular formula is C97H166O16P2. The van der Waals surface area contributed by atoms with Gasteiger partial charge in [0.25, 0.3) is 0 Å². The molecule has 5 unspecified atom stereocenters. The van der Waals surface area contributed by atoms with Crippen molar-refractivity contribution in [3.05, 3.63) is 158 Å². The molecule has 16 nitrogen and oxygen atoms in total. The molecule has 0 radical (unpaired) electrons. The van der Waals surface area contributed by atoms with Gasteiger partial charge in [-0.05, 0) is 148 Å². The molecule has 0 aromatic carbocycles. The number of aliphatic hydroxyl groups is 2. The molecular weight excluding hydrogens is 1480 g/mol. The maximum absolute atomic E-state index is 13.0. The van der Waals surface area contributed by atoms with E-state index in [1.54, 1.807) is 0 Å². The van der Waals surface area contributed by atoms with Crippen LogP contribution in [0.25, 0.3) is 0 Å². The highest BCUT2D eigenvalue weighted by molar-refractivity contribution is 7.47. The summed E-state index contributed by atoms with van der Waals surface area (Å²) in [5, 5.41) is 20.7. The van der Waals surface area contributed by atoms with E-state index in [2.05, 4.69) is 167 Å². The molecule has 0 fully saturated rings. The van der Waals surface area contributed by atoms with Crippen LogP contribution in [0.4, 0.5) is 0 Å². The molecule has 0 saturated heterocycles. The van der Waals surface area contributed by atoms with Gasteiger partial charge in [-0.3, -0.25) is 32.5 Å². The van der Waals surface area contributed by atoms with Gasteiger partial charge in [-0.2, -0.15) is 0 Å². The number of carbonyl (C=O) groups excluding carboxylic acids is 3. The van der Waals surface area contributed by atoms with Crippen LogP contribution in [0.5, 0.6) is 0 Å². The number of aliphatic hydroxyl groups excluding tert-OH is 2. The van der Waals surface area contributed by atoms with Gasteiger partial charge in [0.2, 0.25) is 0 Å². The summed E-state index contributed by atoms with van der Waals surface area (Å²) in [5.74, 6) is -1.64. The van der Waals surface area contributed by atoms with Crippen molar-refractivity contribution < 1.29 is 75.8 Å². The highest BCUT2D eigenvalue weighted by Gasteiger charge is 2.29. The van der Waals surface area contributed by atoms with Gasteiger partial charge in [-0.25, -0.2) is 9.13 Å². The van der Waals surface area contributed by atoms with Crippen LogP contribution in [-0.2, 0) is 55.8 Å². The number of unbranched alkanes of at least 4 members (excludes halogenated alkanes) is 37. The first-order chi connectivity index (χ1) is 56.2. The van der Waals surface area contributed by atoms with Crippen LogP contribution in [0.15, 0.2) is 158 Å². The number of phosphoric acid groups is 2. The molecule has 0 rings (SSSR count). The summed E-state index contributed by atoms with van der Waals surface area (Å²) in [6.45, 7) is 2.48. The molecule has 0 aliphatic carbocycles. The summed E-state index contributed by atoms with van der Waals surface area (Å²) < 4.78 is 61.3. The third-order valence-corrected chi connectivity index (χ3v) is 21.1. The van der Waals surface area contributed by atoms with Crippen LogP contribution in [-0.4, -0.2) is 95.9 Å². The van der Waals surface area contributed by atoms with Crippen LogP contribution >= 0.6 is 15.6 Å². The molecule has 18 heteroatoms. The second-order valence-electron chi connectivity index (χ2n) is 30.4. The zero-order valence-electron chi connectivity index (χ0n) is 72.7. The van der Waals surface area contributed by atoms with Crippen molar-refractivity contribution in [2.75, 3.05) is 39.6 Å². The second kappa shape index (κ2) is 88.5. The Hall–Kier alpha value is -4.83. The van der Waals surface area contributed by atoms with Crippen LogP contribution in [0.3, 0.4) is 0 Å². The number of esters is 3. The Kier molecular flexibility index (Phi) is 84.7. The number of rotatable bonds is 86. The summed E-state index contributed by atoms with van der Waals surface area (Å²) in [7, 11) is -9.83. The SMILES string of the molecule is CC/C=C\C/C=C\C/C=C\C/C=C\C/C=C\CCCC(=O)OC(COC(=O)CCCCCCCCCCCCC/C=C\C/C=C\C/C=C\C/C=C\CCCCC)COP(=O)(O)OCC(O)COP(=O)(O)OCC(O)COC(=O)CCCCCCCCCCCCCCCCCCCCC/C=C\C/C=C\C/C=C\C/C=C\CCCCC. The van der Waals surface area contributed by atoms with E-state index in [1.165, 1.54) is 193 Å². The lowest BCUT2D eigenvalue weighted by Gasteiger charge is -2.21. The Balaban J connectivity index is 4.49. The summed E-state index contributed by atoms with van der Waals surface area (Å²) in [5.41, 5.74) is 0. The predicted octanol–water partition coefficient (Wildman–Crippen LogP) is 28.1. The normalized spacial score (nSPS) is 14.5. The van der Waals surface area contributed by atoms with E-state index in [4.69, 9.17) is 32.3 Å². The molecule has 115 heavy (non-hydrogen) atoms. The lowest BCUT2D eigenvalue weighted by Crippen LogP contribution is -2.30. The van der Waals surface area contributed by atoms with Crippen LogP contribution < -0.4 is 0 Å². The largest absolute Gasteiger partial charge is 0.472 e. The predicted molar refractivity (Wildman–Crippen MR) is 482 cm³/mol. The zero-order chi connectivity index (χ0) is 83.6. The molecule has 0 spiro atoms. The average molecular weight is 1650 g/mol. The van der Waals surface area contributed by atoms with E-state index in [0.29, 0.717) is 25.7 Å². The highest BCUT2D eigenvalue weighted by Crippen LogP contribution is 2.45. The summed E-state index contributed by atoms with van der Waals surface area (Å²) in [6.07, 6.45) is 113. The fourth-order valence-corrected chi connectivity index (χ4v) is 13.9. The van der Waals surface area contributed by atoms with Crippen LogP contribution in [0.1, 0.15) is 380 Å². The minimum Gasteiger partial charge on any atom is -0.463 e. The number of ether oxygens (including phenoxy) is 3. The molecule has 0 aromatic heterocycles. The second-order valence-corrected chi connectivity index (χ2v) is 33.3. The van der Waals surface area contributed by atoms with Crippen molar-refractivity contribution in [3.63, 3.8) is 0 Å². The minimum atomic E-state index is -4.96. The van der Waals surface area contributed by atoms with Crippen molar-refractivity contribution in [2.45, 2.75) is 399 Å². The van der Waals surface area contributed by atoms with Crippen molar-refractivity contribution in [2.24, 2.45) is 0 Å². The lowest BCUT2D eigenvalue weighted by atomic mass is 10.0. The maximum Gasteiger partial charge on any atom is 0.472 e. The molecule has 0 aliphatic rings. The van der Waals surface area contributed by atoms with Gasteiger partial charge in [0.1, 0.15) is 25.4 Å². The Morgan fingerprint density at radius 3 is 0.757 bits per heavy atom. The standard InChI is InChI=1S/C97H166O16P2/c1-4-7-10-13-16-19-22-25-28-31-33-35-37-39-41-42-43-44-45-46-47-48-50-52-53-55-57-60-62-65-68-71-74-77-80-83-95(100)107-86-92(98)87-109-114(103,104)110-88-93(99)89-111-115(105,106)112-91-94(113-97(102)85-82-79-76-73-70-67-64-59-30-27-24-21-18-15-12-9-6-3)90-108-96(101)84-81-78-75-72-69-66-63-61-58-56-54-51-49-40-38-36-34-32-29-26-23-20-17-14-11-8-5-2/h9,12,16-21,25-30,33-36,39-41,49,64,67,73,76,92-94,98-99H,4-8,10-11,13-15,22-24,31-32,37-38,42-48,50-63,65-66,68-72,74-75,77-91H2,1-3H3,(H,103,104)(H,105,106)/b12-9-,19-16-,20-17-,21-18-,28-25-,29-26-,30-27-,35-33-,36-34-,41-39-,49-40-,67-64-,76-73-. The lowest BCUT2D eigenvalue weighted by molar-refractivity contribution is -0.161. The first-order valence-corrected chi connectivity index (χ1v) is 48.8. The van der Waals surface area contributed by atoms with Gasteiger partial charge >= 0.3 is 33.6 Å². The third-order valence-electron chi connectivity index (χ3n) is 19.2. The zero-order valence-corrected chi connectivity index (χ0v) is 74.5. The number of carbonyl (C=O) groups is 3. The van der Waals surface area contributed by atoms with E-state index in [9.17, 15) is 43.5 Å². The van der Waals surface area contributed by atoms with Crippen molar-refractivity contribution >= 4 is 33.6 Å². The van der Waals surface area contributed by atoms with E-state index in [0.717, 1.165) is 122 Å². The third kappa shape index (κ3) is 89.8. The molecule has 0 aliphatic heterocycles. The average Bonchev–Trinajstić information content (AvgIpc) is 0.889. The first kappa shape index (κ1) is 110. The fourth-order valence-electron chi connectivity index (χ4n) is 12.3. The minimum absolute atomic E-state index is 0.0221. The topological polar surface area (TPSA) is 231 Å². The Morgan fingerprint density at radius 1 is 0.252 bits per heavy atom. The number of allylic oxidation sites excluding steroid dienone is 26. The van der Waals surface area contributed by atoms with Crippen molar-refractivity contribution in [3.8, 4) is 0 Å². The van der Waals surface area contributed by atoms with Crippen LogP contribution in [0.2, 0.25) is 0 Å². The number of phosphoric ester groups is 2. The van der Waals surface area contributed by atoms with E-state index < -0.39 is 91.5 Å². The van der Waals surface area contributed by atoms with Gasteiger partial charge in [-0.15, -0.1) is 0 Å². The summed E-state index contributed by atoms with van der Waals surface area (Å²) >= 11 is 0. The fraction of sp³-hybridized carbons (Fsp3) is 0.701. The van der Waals surface area contributed by atoms with E-state index in [-0.39, 0.29) is 19.3 Å². The monoisotopic (exact) mass is 1650 g/mol. The smallest absolute Gasteiger partial charge is 0.463 e. The van der Waals surface area contributed by atoms with Crippen LogP contribution in [0, 0.1) is 0 Å². The number of hydrogen-bond donors (Lipinski definition) is 4. The highest BCUT2D eigenvalue weighted by atomic mass is 31.2. The van der Waals surface area contributed by atoms with E-state index >= 15 is 0 Å². The van der Waals surface area contributed by atoms with Crippen molar-refractivity contribution in [1.82, 2.24) is 0 Å². The molecule has 5 atom stereocenters. The molecule has 0 saturated carbocycles. The number of hydrogen-bond acceptors (Lipinski definition) is 14. The quantitative estimate of drug-likeness (QED) is 0.0146. The maximum atomic E-state index is 13.0. The molecule has 0 aromatic rings. The van der Waals surface area contributed by atoms with Gasteiger partial charge in [0, 0.05) is 19.3 Å². The van der Waals surface area contributed by atoms with Crippen molar-refractivity contribution in [1.29, 1.82) is 0 Å². The molecule has 0 heterocycles. The van der Waals surface area contributed by atoms with Gasteiger partial charge in [-0.1, -0.05) is 371 Å². The molecule has 0 amide bonds. The summed E-state index contributed by atoms with van der Waals surface area (Å²) in [4.78, 5) is 58.9. The summed E-state index contributed by atoms with van der Waals surface area (Å²) in [6, 6.07) is 0. The first-order valence-electron chi connectivity index (χ1n) is 45.8. The molecule has 4 N–H and O–H groups in total. The Morgan fingerprint density at radius 2 is 0.470 bits per heavy atom. The Labute approximate surface area is 701 Å². The van der Waals surface area contributed by atoms with Gasteiger partial charge in [0.15, 0.2) is 6.10 Å².